The topological polar surface area (TPSA) is 95.9 Å². The fourth-order valence-corrected chi connectivity index (χ4v) is 1.22. The number of urea groups is 1. The van der Waals surface area contributed by atoms with Gasteiger partial charge in [-0.2, -0.15) is 0 Å². The molecule has 1 atom stereocenters. The molecule has 1 rings (SSSR count). The minimum Gasteiger partial charge on any atom is -0.480 e. The first-order valence-corrected chi connectivity index (χ1v) is 4.75. The largest absolute Gasteiger partial charge is 0.480 e. The van der Waals surface area contributed by atoms with Gasteiger partial charge >= 0.3 is 18.1 Å². The van der Waals surface area contributed by atoms with Gasteiger partial charge < -0.3 is 15.2 Å². The number of carbonyl (C=O) groups is 3. The molecule has 0 spiro atoms. The van der Waals surface area contributed by atoms with Gasteiger partial charge in [0.1, 0.15) is 5.60 Å². The van der Waals surface area contributed by atoms with Gasteiger partial charge in [-0.1, -0.05) is 0 Å². The zero-order valence-electron chi connectivity index (χ0n) is 9.31. The third kappa shape index (κ3) is 2.62. The van der Waals surface area contributed by atoms with Crippen molar-refractivity contribution in [3.05, 3.63) is 0 Å². The van der Waals surface area contributed by atoms with E-state index in [1.807, 2.05) is 0 Å². The molecule has 0 bridgehead atoms. The van der Waals surface area contributed by atoms with Gasteiger partial charge in [-0.05, 0) is 20.8 Å². The van der Waals surface area contributed by atoms with E-state index in [9.17, 15) is 14.4 Å². The van der Waals surface area contributed by atoms with Crippen molar-refractivity contribution < 1.29 is 24.2 Å². The van der Waals surface area contributed by atoms with Gasteiger partial charge in [-0.3, -0.25) is 0 Å². The van der Waals surface area contributed by atoms with Crippen LogP contribution in [0.3, 0.4) is 0 Å². The summed E-state index contributed by atoms with van der Waals surface area (Å²) in [5, 5.41) is 11.1. The Hall–Kier alpha value is -1.79. The fraction of sp³-hybridized carbons (Fsp3) is 0.667. The molecule has 3 amide bonds. The van der Waals surface area contributed by atoms with Gasteiger partial charge in [-0.25, -0.2) is 19.3 Å². The lowest BCUT2D eigenvalue weighted by atomic mass is 10.2. The number of carbonyl (C=O) groups excluding carboxylic acids is 2. The molecule has 90 valence electrons. The summed E-state index contributed by atoms with van der Waals surface area (Å²) in [6.45, 7) is 4.80. The Morgan fingerprint density at radius 3 is 2.50 bits per heavy atom. The average molecular weight is 230 g/mol. The van der Waals surface area contributed by atoms with Gasteiger partial charge in [-0.15, -0.1) is 0 Å². The summed E-state index contributed by atoms with van der Waals surface area (Å²) in [6, 6.07) is -1.95. The number of carboxylic acids is 1. The van der Waals surface area contributed by atoms with Crippen LogP contribution in [-0.2, 0) is 9.53 Å². The van der Waals surface area contributed by atoms with E-state index in [0.717, 1.165) is 0 Å². The molecule has 2 N–H and O–H groups in total. The monoisotopic (exact) mass is 230 g/mol. The van der Waals surface area contributed by atoms with E-state index < -0.39 is 29.7 Å². The van der Waals surface area contributed by atoms with E-state index in [2.05, 4.69) is 5.32 Å². The average Bonchev–Trinajstić information content (AvgIpc) is 2.43. The van der Waals surface area contributed by atoms with E-state index in [1.54, 1.807) is 20.8 Å². The van der Waals surface area contributed by atoms with Gasteiger partial charge in [0, 0.05) is 0 Å². The number of nitrogens with zero attached hydrogens (tertiary/aromatic N) is 1. The smallest absolute Gasteiger partial charge is 0.419 e. The van der Waals surface area contributed by atoms with Crippen molar-refractivity contribution in [3.63, 3.8) is 0 Å². The second-order valence-corrected chi connectivity index (χ2v) is 4.39. The van der Waals surface area contributed by atoms with Crippen LogP contribution in [0.1, 0.15) is 20.8 Å². The number of imide groups is 1. The number of hydrogen-bond donors (Lipinski definition) is 2. The molecular formula is C9H14N2O5. The Labute approximate surface area is 92.4 Å². The van der Waals surface area contributed by atoms with Crippen LogP contribution in [0.25, 0.3) is 0 Å². The Bertz CT molecular complexity index is 333. The number of nitrogens with one attached hydrogen (secondary N) is 1. The molecule has 1 fully saturated rings. The minimum absolute atomic E-state index is 0.104. The summed E-state index contributed by atoms with van der Waals surface area (Å²) in [4.78, 5) is 34.2. The molecule has 0 radical (unpaired) electrons. The van der Waals surface area contributed by atoms with E-state index in [1.165, 1.54) is 0 Å². The Morgan fingerprint density at radius 1 is 1.50 bits per heavy atom. The van der Waals surface area contributed by atoms with E-state index in [0.29, 0.717) is 4.90 Å². The van der Waals surface area contributed by atoms with Crippen molar-refractivity contribution in [2.24, 2.45) is 0 Å². The summed E-state index contributed by atoms with van der Waals surface area (Å²) in [5.74, 6) is -1.25. The molecule has 1 heterocycles. The summed E-state index contributed by atoms with van der Waals surface area (Å²) in [5.41, 5.74) is -0.775. The number of carboxylic acid groups (broad SMARTS) is 1. The third-order valence-electron chi connectivity index (χ3n) is 1.85. The summed E-state index contributed by atoms with van der Waals surface area (Å²) < 4.78 is 4.94. The molecule has 7 nitrogen and oxygen atoms in total. The fourth-order valence-electron chi connectivity index (χ4n) is 1.22. The first kappa shape index (κ1) is 12.3. The molecule has 1 saturated heterocycles. The molecule has 0 aromatic rings. The van der Waals surface area contributed by atoms with Crippen molar-refractivity contribution in [2.75, 3.05) is 6.54 Å². The lowest BCUT2D eigenvalue weighted by Crippen LogP contribution is -2.46. The lowest BCUT2D eigenvalue weighted by Gasteiger charge is -2.24. The molecule has 16 heavy (non-hydrogen) atoms. The first-order chi connectivity index (χ1) is 7.22. The molecule has 0 unspecified atom stereocenters. The third-order valence-corrected chi connectivity index (χ3v) is 1.85. The Balaban J connectivity index is 2.80. The normalized spacial score (nSPS) is 20.6. The molecule has 0 aliphatic carbocycles. The molecular weight excluding hydrogens is 216 g/mol. The molecule has 0 aromatic carbocycles. The van der Waals surface area contributed by atoms with Gasteiger partial charge in [0.05, 0.1) is 6.54 Å². The second kappa shape index (κ2) is 3.99. The van der Waals surface area contributed by atoms with Crippen LogP contribution in [0.5, 0.6) is 0 Å². The first-order valence-electron chi connectivity index (χ1n) is 4.75. The summed E-state index contributed by atoms with van der Waals surface area (Å²) in [6.07, 6.45) is -0.949. The van der Waals surface area contributed by atoms with Crippen molar-refractivity contribution in [3.8, 4) is 0 Å². The Kier molecular flexibility index (Phi) is 3.06. The number of amides is 3. The Morgan fingerprint density at radius 2 is 2.06 bits per heavy atom. The maximum Gasteiger partial charge on any atom is 0.419 e. The van der Waals surface area contributed by atoms with Crippen LogP contribution < -0.4 is 5.32 Å². The molecule has 0 aromatic heterocycles. The highest BCUT2D eigenvalue weighted by Crippen LogP contribution is 2.15. The molecule has 7 heteroatoms. The second-order valence-electron chi connectivity index (χ2n) is 4.39. The van der Waals surface area contributed by atoms with E-state index in [4.69, 9.17) is 9.84 Å². The lowest BCUT2D eigenvalue weighted by molar-refractivity contribution is -0.141. The van der Waals surface area contributed by atoms with E-state index >= 15 is 0 Å². The number of aliphatic carboxylic acids is 1. The van der Waals surface area contributed by atoms with Crippen molar-refractivity contribution in [1.29, 1.82) is 0 Å². The van der Waals surface area contributed by atoms with Crippen LogP contribution in [-0.4, -0.2) is 46.3 Å². The SMILES string of the molecule is CC(C)(C)OC(=O)N1C(=O)NC[C@H]1C(=O)O. The molecule has 1 aliphatic heterocycles. The highest BCUT2D eigenvalue weighted by atomic mass is 16.6. The van der Waals surface area contributed by atoms with Gasteiger partial charge in [0.2, 0.25) is 0 Å². The van der Waals surface area contributed by atoms with Crippen LogP contribution in [0.15, 0.2) is 0 Å². The van der Waals surface area contributed by atoms with Crippen LogP contribution in [0.2, 0.25) is 0 Å². The summed E-state index contributed by atoms with van der Waals surface area (Å²) in [7, 11) is 0. The van der Waals surface area contributed by atoms with Gasteiger partial charge in [0.15, 0.2) is 6.04 Å². The van der Waals surface area contributed by atoms with E-state index in [-0.39, 0.29) is 6.54 Å². The van der Waals surface area contributed by atoms with Crippen molar-refractivity contribution in [1.82, 2.24) is 10.2 Å². The molecule has 1 aliphatic rings. The predicted molar refractivity (Wildman–Crippen MR) is 52.9 cm³/mol. The highest BCUT2D eigenvalue weighted by Gasteiger charge is 2.42. The maximum absolute atomic E-state index is 11.6. The van der Waals surface area contributed by atoms with Gasteiger partial charge in [0.25, 0.3) is 0 Å². The van der Waals surface area contributed by atoms with Crippen LogP contribution in [0, 0.1) is 0 Å². The quantitative estimate of drug-likeness (QED) is 0.679. The minimum atomic E-state index is -1.25. The van der Waals surface area contributed by atoms with Crippen molar-refractivity contribution in [2.45, 2.75) is 32.4 Å². The predicted octanol–water partition coefficient (Wildman–Crippen LogP) is 0.400. The van der Waals surface area contributed by atoms with Crippen LogP contribution >= 0.6 is 0 Å². The summed E-state index contributed by atoms with van der Waals surface area (Å²) >= 11 is 0. The number of ether oxygens (including phenoxy) is 1. The number of rotatable bonds is 1. The highest BCUT2D eigenvalue weighted by molar-refractivity contribution is 5.98. The van der Waals surface area contributed by atoms with Crippen LogP contribution in [0.4, 0.5) is 9.59 Å². The van der Waals surface area contributed by atoms with Crippen molar-refractivity contribution >= 4 is 18.1 Å². The number of hydrogen-bond acceptors (Lipinski definition) is 4. The zero-order chi connectivity index (χ0) is 12.5. The standard InChI is InChI=1S/C9H14N2O5/c1-9(2,3)16-8(15)11-5(6(12)13)4-10-7(11)14/h5H,4H2,1-3H3,(H,10,14)(H,12,13)/t5-/m0/s1. The maximum atomic E-state index is 11.6. The zero-order valence-corrected chi connectivity index (χ0v) is 9.31. The molecule has 0 saturated carbocycles.